The van der Waals surface area contributed by atoms with Gasteiger partial charge in [-0.3, -0.25) is 20.4 Å². The van der Waals surface area contributed by atoms with E-state index in [1.165, 1.54) is 6.07 Å². The highest BCUT2D eigenvalue weighted by molar-refractivity contribution is 6.00. The summed E-state index contributed by atoms with van der Waals surface area (Å²) in [5.41, 5.74) is 6.50. The van der Waals surface area contributed by atoms with Crippen LogP contribution >= 0.6 is 0 Å². The highest BCUT2D eigenvalue weighted by Gasteiger charge is 2.10. The first-order chi connectivity index (χ1) is 10.2. The zero-order valence-corrected chi connectivity index (χ0v) is 10.7. The Labute approximate surface area is 118 Å². The third kappa shape index (κ3) is 2.71. The van der Waals surface area contributed by atoms with Crippen LogP contribution in [0.4, 0.5) is 0 Å². The monoisotopic (exact) mass is 282 g/mol. The second kappa shape index (κ2) is 5.41. The average molecular weight is 282 g/mol. The fraction of sp³-hybridized carbons (Fsp3) is 0. The second-order valence-electron chi connectivity index (χ2n) is 4.24. The van der Waals surface area contributed by atoms with Crippen LogP contribution in [0, 0.1) is 0 Å². The summed E-state index contributed by atoms with van der Waals surface area (Å²) in [6, 6.07) is 13.3. The maximum absolute atomic E-state index is 11.9. The van der Waals surface area contributed by atoms with Crippen LogP contribution in [0.1, 0.15) is 20.7 Å². The van der Waals surface area contributed by atoms with Gasteiger partial charge < -0.3 is 0 Å². The molecule has 0 aliphatic carbocycles. The van der Waals surface area contributed by atoms with E-state index in [2.05, 4.69) is 25.8 Å². The van der Waals surface area contributed by atoms with Gasteiger partial charge in [-0.1, -0.05) is 18.2 Å². The predicted octanol–water partition coefficient (Wildman–Crippen LogP) is 1.30. The molecule has 104 valence electrons. The molecule has 3 aromatic rings. The number of carbonyl (C=O) groups excluding carboxylic acids is 2. The third-order valence-corrected chi connectivity index (χ3v) is 2.84. The highest BCUT2D eigenvalue weighted by Crippen LogP contribution is 2.11. The molecule has 2 aromatic carbocycles. The maximum Gasteiger partial charge on any atom is 0.269 e. The highest BCUT2D eigenvalue weighted by atomic mass is 16.6. The molecule has 1 heterocycles. The van der Waals surface area contributed by atoms with Gasteiger partial charge >= 0.3 is 0 Å². The van der Waals surface area contributed by atoms with E-state index < -0.39 is 11.8 Å². The normalized spacial score (nSPS) is 10.3. The number of rotatable bonds is 2. The van der Waals surface area contributed by atoms with Gasteiger partial charge in [0.1, 0.15) is 11.0 Å². The minimum Gasteiger partial charge on any atom is -0.267 e. The summed E-state index contributed by atoms with van der Waals surface area (Å²) < 4.78 is 4.55. The van der Waals surface area contributed by atoms with E-state index in [0.29, 0.717) is 22.2 Å². The fourth-order valence-corrected chi connectivity index (χ4v) is 1.77. The van der Waals surface area contributed by atoms with Crippen molar-refractivity contribution in [2.75, 3.05) is 0 Å². The Kier molecular flexibility index (Phi) is 3.30. The number of hydrogen-bond donors (Lipinski definition) is 2. The van der Waals surface area contributed by atoms with E-state index in [-0.39, 0.29) is 0 Å². The van der Waals surface area contributed by atoms with E-state index in [0.717, 1.165) is 0 Å². The second-order valence-corrected chi connectivity index (χ2v) is 4.24. The molecule has 1 aromatic heterocycles. The van der Waals surface area contributed by atoms with Gasteiger partial charge in [-0.2, -0.15) is 0 Å². The van der Waals surface area contributed by atoms with Gasteiger partial charge in [-0.25, -0.2) is 4.63 Å². The molecule has 3 rings (SSSR count). The Balaban J connectivity index is 1.67. The van der Waals surface area contributed by atoms with E-state index >= 15 is 0 Å². The van der Waals surface area contributed by atoms with Crippen LogP contribution < -0.4 is 10.9 Å². The summed E-state index contributed by atoms with van der Waals surface area (Å²) in [5, 5.41) is 7.30. The molecule has 7 heteroatoms. The molecule has 0 unspecified atom stereocenters. The lowest BCUT2D eigenvalue weighted by atomic mass is 10.2. The third-order valence-electron chi connectivity index (χ3n) is 2.84. The van der Waals surface area contributed by atoms with Crippen LogP contribution in [0.5, 0.6) is 0 Å². The van der Waals surface area contributed by atoms with Crippen LogP contribution in [-0.4, -0.2) is 22.1 Å². The van der Waals surface area contributed by atoms with Gasteiger partial charge in [0.15, 0.2) is 0 Å². The Morgan fingerprint density at radius 1 is 0.810 bits per heavy atom. The molecule has 0 aliphatic rings. The molecule has 0 saturated heterocycles. The lowest BCUT2D eigenvalue weighted by molar-refractivity contribution is 0.0847. The van der Waals surface area contributed by atoms with Gasteiger partial charge in [0, 0.05) is 11.1 Å². The molecule has 0 radical (unpaired) electrons. The molecular formula is C14H10N4O3. The van der Waals surface area contributed by atoms with Crippen molar-refractivity contribution >= 4 is 22.8 Å². The van der Waals surface area contributed by atoms with Crippen LogP contribution in [0.25, 0.3) is 11.0 Å². The van der Waals surface area contributed by atoms with Crippen molar-refractivity contribution in [3.05, 3.63) is 59.7 Å². The Bertz CT molecular complexity index is 798. The molecule has 7 nitrogen and oxygen atoms in total. The van der Waals surface area contributed by atoms with Crippen molar-refractivity contribution in [1.29, 1.82) is 0 Å². The maximum atomic E-state index is 11.9. The van der Waals surface area contributed by atoms with E-state index in [1.807, 2.05) is 0 Å². The quantitative estimate of drug-likeness (QED) is 0.690. The van der Waals surface area contributed by atoms with Crippen LogP contribution in [0.3, 0.4) is 0 Å². The first kappa shape index (κ1) is 12.8. The van der Waals surface area contributed by atoms with Crippen LogP contribution in [0.2, 0.25) is 0 Å². The van der Waals surface area contributed by atoms with E-state index in [4.69, 9.17) is 0 Å². The van der Waals surface area contributed by atoms with Gasteiger partial charge in [0.05, 0.1) is 0 Å². The molecule has 2 N–H and O–H groups in total. The van der Waals surface area contributed by atoms with Crippen molar-refractivity contribution < 1.29 is 14.2 Å². The summed E-state index contributed by atoms with van der Waals surface area (Å²) in [5.74, 6) is -0.850. The fourth-order valence-electron chi connectivity index (χ4n) is 1.77. The van der Waals surface area contributed by atoms with Gasteiger partial charge in [0.2, 0.25) is 0 Å². The molecule has 0 saturated carbocycles. The Hall–Kier alpha value is -3.22. The molecule has 0 fully saturated rings. The predicted molar refractivity (Wildman–Crippen MR) is 73.2 cm³/mol. The number of hydrazine groups is 1. The Morgan fingerprint density at radius 2 is 1.48 bits per heavy atom. The number of hydrogen-bond acceptors (Lipinski definition) is 5. The van der Waals surface area contributed by atoms with Crippen molar-refractivity contribution in [3.63, 3.8) is 0 Å². The van der Waals surface area contributed by atoms with Crippen molar-refractivity contribution in [1.82, 2.24) is 21.2 Å². The summed E-state index contributed by atoms with van der Waals surface area (Å²) in [4.78, 5) is 23.7. The number of amides is 2. The zero-order valence-electron chi connectivity index (χ0n) is 10.7. The van der Waals surface area contributed by atoms with Crippen molar-refractivity contribution in [3.8, 4) is 0 Å². The first-order valence-electron chi connectivity index (χ1n) is 6.12. The van der Waals surface area contributed by atoms with Crippen LogP contribution in [0.15, 0.2) is 53.2 Å². The summed E-state index contributed by atoms with van der Waals surface area (Å²) >= 11 is 0. The van der Waals surface area contributed by atoms with Crippen molar-refractivity contribution in [2.24, 2.45) is 0 Å². The van der Waals surface area contributed by atoms with Crippen molar-refractivity contribution in [2.45, 2.75) is 0 Å². The lowest BCUT2D eigenvalue weighted by Crippen LogP contribution is -2.41. The zero-order chi connectivity index (χ0) is 14.7. The van der Waals surface area contributed by atoms with E-state index in [9.17, 15) is 9.59 Å². The minimum absolute atomic E-state index is 0.339. The first-order valence-corrected chi connectivity index (χ1v) is 6.12. The van der Waals surface area contributed by atoms with Crippen LogP contribution in [-0.2, 0) is 0 Å². The van der Waals surface area contributed by atoms with Gasteiger partial charge in [-0.15, -0.1) is 0 Å². The molecule has 0 atom stereocenters. The molecule has 2 amide bonds. The number of benzene rings is 2. The number of nitrogens with one attached hydrogen (secondary N) is 2. The number of carbonyl (C=O) groups is 2. The molecule has 0 aliphatic heterocycles. The standard InChI is InChI=1S/C14H10N4O3/c19-13(9-4-2-1-3-5-9)15-16-14(20)10-6-7-11-12(8-10)18-21-17-11/h1-8H,(H,15,19)(H,16,20). The van der Waals surface area contributed by atoms with E-state index in [1.54, 1.807) is 42.5 Å². The van der Waals surface area contributed by atoms with Gasteiger partial charge in [0.25, 0.3) is 11.8 Å². The van der Waals surface area contributed by atoms with Gasteiger partial charge in [-0.05, 0) is 40.6 Å². The molecular weight excluding hydrogens is 272 g/mol. The number of aromatic nitrogens is 2. The molecule has 0 spiro atoms. The lowest BCUT2D eigenvalue weighted by Gasteiger charge is -2.07. The average Bonchev–Trinajstić information content (AvgIpc) is 3.00. The summed E-state index contributed by atoms with van der Waals surface area (Å²) in [7, 11) is 0. The number of nitrogens with zero attached hydrogens (tertiary/aromatic N) is 2. The molecule has 0 bridgehead atoms. The number of fused-ring (bicyclic) bond motifs is 1. The SMILES string of the molecule is O=C(NNC(=O)c1ccc2nonc2c1)c1ccccc1. The smallest absolute Gasteiger partial charge is 0.267 e. The molecule has 21 heavy (non-hydrogen) atoms. The Morgan fingerprint density at radius 3 is 2.24 bits per heavy atom. The largest absolute Gasteiger partial charge is 0.269 e. The summed E-state index contributed by atoms with van der Waals surface area (Å²) in [6.07, 6.45) is 0. The minimum atomic E-state index is -0.454. The topological polar surface area (TPSA) is 97.1 Å². The summed E-state index contributed by atoms with van der Waals surface area (Å²) in [6.45, 7) is 0.